The second-order valence-electron chi connectivity index (χ2n) is 8.24. The third kappa shape index (κ3) is 3.78. The molecule has 2 aromatic rings. The lowest BCUT2D eigenvalue weighted by atomic mass is 9.97. The molecule has 1 fully saturated rings. The number of anilines is 1. The quantitative estimate of drug-likeness (QED) is 0.684. The maximum Gasteiger partial charge on any atom is 0.282 e. The molecule has 0 N–H and O–H groups in total. The highest BCUT2D eigenvalue weighted by atomic mass is 16.5. The maximum absolute atomic E-state index is 13.6. The van der Waals surface area contributed by atoms with E-state index in [-0.39, 0.29) is 11.8 Å². The van der Waals surface area contributed by atoms with Crippen LogP contribution in [0, 0.1) is 12.8 Å². The van der Waals surface area contributed by atoms with E-state index >= 15 is 0 Å². The first-order chi connectivity index (χ1) is 14.9. The van der Waals surface area contributed by atoms with Crippen LogP contribution in [0.15, 0.2) is 48.2 Å². The smallest absolute Gasteiger partial charge is 0.282 e. The standard InChI is InChI=1S/C25H28N2O4/c1-16-5-8-19(9-6-16)27-24(28)22(18-7-10-20(30-3)21(15-18)31-4)23(25(27)29)26-13-11-17(2)12-14-26/h5-10,15,17H,11-14H2,1-4H3. The predicted molar refractivity (Wildman–Crippen MR) is 120 cm³/mol. The average Bonchev–Trinajstić information content (AvgIpc) is 3.04. The van der Waals surface area contributed by atoms with Crippen molar-refractivity contribution in [3.05, 3.63) is 59.3 Å². The van der Waals surface area contributed by atoms with Crippen molar-refractivity contribution in [2.24, 2.45) is 5.92 Å². The van der Waals surface area contributed by atoms with Gasteiger partial charge in [0, 0.05) is 13.1 Å². The van der Waals surface area contributed by atoms with Crippen molar-refractivity contribution in [1.29, 1.82) is 0 Å². The van der Waals surface area contributed by atoms with E-state index < -0.39 is 0 Å². The molecule has 1 saturated heterocycles. The molecule has 6 nitrogen and oxygen atoms in total. The summed E-state index contributed by atoms with van der Waals surface area (Å²) in [6.45, 7) is 5.72. The zero-order valence-corrected chi connectivity index (χ0v) is 18.5. The van der Waals surface area contributed by atoms with Crippen molar-refractivity contribution in [2.45, 2.75) is 26.7 Å². The Kier molecular flexibility index (Phi) is 5.72. The molecule has 0 spiro atoms. The highest BCUT2D eigenvalue weighted by molar-refractivity contribution is 6.45. The van der Waals surface area contributed by atoms with E-state index in [1.807, 2.05) is 37.3 Å². The summed E-state index contributed by atoms with van der Waals surface area (Å²) in [5.74, 6) is 1.13. The third-order valence-corrected chi connectivity index (χ3v) is 6.12. The van der Waals surface area contributed by atoms with Gasteiger partial charge in [0.1, 0.15) is 5.70 Å². The molecule has 2 aromatic carbocycles. The summed E-state index contributed by atoms with van der Waals surface area (Å²) in [5, 5.41) is 0. The molecular weight excluding hydrogens is 392 g/mol. The number of benzene rings is 2. The van der Waals surface area contributed by atoms with Gasteiger partial charge in [-0.1, -0.05) is 30.7 Å². The molecule has 31 heavy (non-hydrogen) atoms. The molecule has 162 valence electrons. The van der Waals surface area contributed by atoms with Crippen LogP contribution in [-0.2, 0) is 9.59 Å². The lowest BCUT2D eigenvalue weighted by molar-refractivity contribution is -0.120. The maximum atomic E-state index is 13.6. The Hall–Kier alpha value is -3.28. The van der Waals surface area contributed by atoms with E-state index in [9.17, 15) is 9.59 Å². The molecule has 6 heteroatoms. The highest BCUT2D eigenvalue weighted by Crippen LogP contribution is 2.39. The summed E-state index contributed by atoms with van der Waals surface area (Å²) >= 11 is 0. The van der Waals surface area contributed by atoms with Gasteiger partial charge < -0.3 is 14.4 Å². The number of hydrogen-bond donors (Lipinski definition) is 0. The van der Waals surface area contributed by atoms with Crippen LogP contribution in [0.3, 0.4) is 0 Å². The van der Waals surface area contributed by atoms with Crippen LogP contribution in [0.25, 0.3) is 5.57 Å². The first-order valence-electron chi connectivity index (χ1n) is 10.6. The predicted octanol–water partition coefficient (Wildman–Crippen LogP) is 4.03. The Bertz CT molecular complexity index is 1030. The van der Waals surface area contributed by atoms with Crippen molar-refractivity contribution in [2.75, 3.05) is 32.2 Å². The molecule has 2 aliphatic rings. The minimum atomic E-state index is -0.310. The Morgan fingerprint density at radius 1 is 0.871 bits per heavy atom. The number of piperidine rings is 1. The topological polar surface area (TPSA) is 59.1 Å². The Labute approximate surface area is 183 Å². The molecule has 0 radical (unpaired) electrons. The first kappa shape index (κ1) is 21.0. The van der Waals surface area contributed by atoms with E-state index in [1.54, 1.807) is 26.4 Å². The Morgan fingerprint density at radius 3 is 2.13 bits per heavy atom. The van der Waals surface area contributed by atoms with Gasteiger partial charge in [0.15, 0.2) is 11.5 Å². The van der Waals surface area contributed by atoms with E-state index in [0.29, 0.717) is 39.9 Å². The number of aryl methyl sites for hydroxylation is 1. The van der Waals surface area contributed by atoms with Crippen molar-refractivity contribution >= 4 is 23.1 Å². The van der Waals surface area contributed by atoms with Crippen LogP contribution < -0.4 is 14.4 Å². The molecule has 0 aliphatic carbocycles. The van der Waals surface area contributed by atoms with E-state index in [4.69, 9.17) is 9.47 Å². The normalized spacial score (nSPS) is 17.5. The van der Waals surface area contributed by atoms with E-state index in [1.165, 1.54) is 4.90 Å². The fourth-order valence-electron chi connectivity index (χ4n) is 4.22. The molecule has 4 rings (SSSR count). The molecule has 0 aromatic heterocycles. The van der Waals surface area contributed by atoms with Crippen LogP contribution in [0.2, 0.25) is 0 Å². The molecular formula is C25H28N2O4. The van der Waals surface area contributed by atoms with Crippen molar-refractivity contribution in [1.82, 2.24) is 4.90 Å². The first-order valence-corrected chi connectivity index (χ1v) is 10.6. The minimum absolute atomic E-state index is 0.270. The summed E-state index contributed by atoms with van der Waals surface area (Å²) in [6, 6.07) is 12.8. The number of carbonyl (C=O) groups is 2. The fraction of sp³-hybridized carbons (Fsp3) is 0.360. The summed E-state index contributed by atoms with van der Waals surface area (Å²) in [6.07, 6.45) is 1.99. The van der Waals surface area contributed by atoms with Crippen molar-refractivity contribution in [3.8, 4) is 11.5 Å². The molecule has 2 aliphatic heterocycles. The summed E-state index contributed by atoms with van der Waals surface area (Å²) < 4.78 is 10.8. The number of likely N-dealkylation sites (tertiary alicyclic amines) is 1. The van der Waals surface area contributed by atoms with Crippen molar-refractivity contribution < 1.29 is 19.1 Å². The van der Waals surface area contributed by atoms with E-state index in [0.717, 1.165) is 31.5 Å². The van der Waals surface area contributed by atoms with Crippen LogP contribution in [0.5, 0.6) is 11.5 Å². The summed E-state index contributed by atoms with van der Waals surface area (Å²) in [5.41, 5.74) is 3.20. The fourth-order valence-corrected chi connectivity index (χ4v) is 4.22. The van der Waals surface area contributed by atoms with Crippen LogP contribution in [-0.4, -0.2) is 44.0 Å². The molecule has 0 bridgehead atoms. The molecule has 0 saturated carbocycles. The van der Waals surface area contributed by atoms with Gasteiger partial charge in [0.25, 0.3) is 11.8 Å². The van der Waals surface area contributed by atoms with Gasteiger partial charge in [0.2, 0.25) is 0 Å². The van der Waals surface area contributed by atoms with Gasteiger partial charge >= 0.3 is 0 Å². The zero-order valence-electron chi connectivity index (χ0n) is 18.5. The van der Waals surface area contributed by atoms with Gasteiger partial charge in [0.05, 0.1) is 25.5 Å². The highest BCUT2D eigenvalue weighted by Gasteiger charge is 2.43. The number of hydrogen-bond acceptors (Lipinski definition) is 5. The lowest BCUT2D eigenvalue weighted by Gasteiger charge is -2.32. The number of methoxy groups -OCH3 is 2. The van der Waals surface area contributed by atoms with Crippen molar-refractivity contribution in [3.63, 3.8) is 0 Å². The van der Waals surface area contributed by atoms with Gasteiger partial charge in [-0.15, -0.1) is 0 Å². The number of amides is 2. The number of ether oxygens (including phenoxy) is 2. The third-order valence-electron chi connectivity index (χ3n) is 6.12. The van der Waals surface area contributed by atoms with Crippen LogP contribution in [0.1, 0.15) is 30.9 Å². The SMILES string of the molecule is COc1ccc(C2=C(N3CCC(C)CC3)C(=O)N(c3ccc(C)cc3)C2=O)cc1OC. The second kappa shape index (κ2) is 8.46. The van der Waals surface area contributed by atoms with Gasteiger partial charge in [-0.3, -0.25) is 9.59 Å². The average molecular weight is 421 g/mol. The molecule has 0 atom stereocenters. The monoisotopic (exact) mass is 420 g/mol. The second-order valence-corrected chi connectivity index (χ2v) is 8.24. The van der Waals surface area contributed by atoms with Gasteiger partial charge in [-0.2, -0.15) is 0 Å². The summed E-state index contributed by atoms with van der Waals surface area (Å²) in [7, 11) is 3.13. The lowest BCUT2D eigenvalue weighted by Crippen LogP contribution is -2.38. The van der Waals surface area contributed by atoms with Gasteiger partial charge in [-0.25, -0.2) is 4.90 Å². The Morgan fingerprint density at radius 2 is 1.52 bits per heavy atom. The number of imide groups is 1. The summed E-state index contributed by atoms with van der Waals surface area (Å²) in [4.78, 5) is 30.6. The zero-order chi connectivity index (χ0) is 22.1. The Balaban J connectivity index is 1.83. The van der Waals surface area contributed by atoms with E-state index in [2.05, 4.69) is 11.8 Å². The van der Waals surface area contributed by atoms with Crippen LogP contribution in [0.4, 0.5) is 5.69 Å². The number of carbonyl (C=O) groups excluding carboxylic acids is 2. The molecule has 2 heterocycles. The number of nitrogens with zero attached hydrogens (tertiary/aromatic N) is 2. The molecule has 2 amide bonds. The number of rotatable bonds is 5. The van der Waals surface area contributed by atoms with Crippen LogP contribution >= 0.6 is 0 Å². The molecule has 0 unspecified atom stereocenters. The van der Waals surface area contributed by atoms with Gasteiger partial charge in [-0.05, 0) is 55.5 Å². The largest absolute Gasteiger partial charge is 0.493 e. The minimum Gasteiger partial charge on any atom is -0.493 e.